The Bertz CT molecular complexity index is 1200. The number of carbonyl (C=O) groups is 1. The van der Waals surface area contributed by atoms with Crippen LogP contribution in [0.5, 0.6) is 5.75 Å². The van der Waals surface area contributed by atoms with E-state index in [2.05, 4.69) is 70.5 Å². The third-order valence-corrected chi connectivity index (χ3v) is 8.13. The second kappa shape index (κ2) is 12.0. The normalized spacial score (nSPS) is 14.6. The van der Waals surface area contributed by atoms with Gasteiger partial charge in [-0.1, -0.05) is 42.6 Å². The molecule has 0 saturated heterocycles. The highest BCUT2D eigenvalue weighted by Crippen LogP contribution is 2.35. The Morgan fingerprint density at radius 2 is 1.94 bits per heavy atom. The van der Waals surface area contributed by atoms with Crippen LogP contribution in [0.1, 0.15) is 43.7 Å². The molecule has 1 amide bonds. The molecule has 1 saturated carbocycles. The summed E-state index contributed by atoms with van der Waals surface area (Å²) in [6, 6.07) is 11.6. The number of amides is 1. The lowest BCUT2D eigenvalue weighted by atomic mass is 9.95. The third kappa shape index (κ3) is 6.43. The average molecular weight is 722 g/mol. The van der Waals surface area contributed by atoms with Crippen molar-refractivity contribution in [3.63, 3.8) is 0 Å². The number of carbonyl (C=O) groups excluding carboxylic acids is 1. The van der Waals surface area contributed by atoms with Gasteiger partial charge < -0.3 is 5.11 Å². The first-order chi connectivity index (χ1) is 16.4. The summed E-state index contributed by atoms with van der Waals surface area (Å²) >= 11 is 11.6. The standard InChI is InChI=1S/C23H22ClI2N5O2S/c24-16-8-6-14(7-9-16)22-29-30-23(31(22)18-4-2-1-3-5-18)34-13-20(32)28-27-12-15-10-17(25)11-19(26)21(15)33/h6-12,18,33H,1-5,13H2,(H,28,32). The van der Waals surface area contributed by atoms with E-state index in [1.165, 1.54) is 37.2 Å². The van der Waals surface area contributed by atoms with E-state index < -0.39 is 0 Å². The van der Waals surface area contributed by atoms with E-state index in [1.807, 2.05) is 30.3 Å². The number of thioether (sulfide) groups is 1. The van der Waals surface area contributed by atoms with Crippen LogP contribution in [-0.4, -0.2) is 37.7 Å². The minimum Gasteiger partial charge on any atom is -0.506 e. The number of rotatable bonds is 7. The Balaban J connectivity index is 1.46. The monoisotopic (exact) mass is 721 g/mol. The number of nitrogens with zero attached hydrogens (tertiary/aromatic N) is 4. The van der Waals surface area contributed by atoms with Crippen LogP contribution in [0.25, 0.3) is 11.4 Å². The maximum absolute atomic E-state index is 12.4. The number of phenols is 1. The molecule has 34 heavy (non-hydrogen) atoms. The van der Waals surface area contributed by atoms with Crippen LogP contribution in [0, 0.1) is 7.14 Å². The number of aromatic nitrogens is 3. The van der Waals surface area contributed by atoms with Gasteiger partial charge in [0.05, 0.1) is 15.5 Å². The first-order valence-corrected chi connectivity index (χ1v) is 14.3. The van der Waals surface area contributed by atoms with E-state index in [-0.39, 0.29) is 17.4 Å². The fourth-order valence-corrected chi connectivity index (χ4v) is 6.67. The SMILES string of the molecule is O=C(CSc1nnc(-c2ccc(Cl)cc2)n1C1CCCCC1)NN=Cc1cc(I)cc(I)c1O. The molecule has 1 heterocycles. The van der Waals surface area contributed by atoms with Crippen LogP contribution in [0.15, 0.2) is 46.7 Å². The molecular weight excluding hydrogens is 700 g/mol. The number of hydrazone groups is 1. The van der Waals surface area contributed by atoms with Crippen LogP contribution < -0.4 is 5.43 Å². The zero-order valence-electron chi connectivity index (χ0n) is 18.0. The van der Waals surface area contributed by atoms with Crippen LogP contribution in [0.2, 0.25) is 5.02 Å². The van der Waals surface area contributed by atoms with Crippen molar-refractivity contribution in [2.75, 3.05) is 5.75 Å². The Morgan fingerprint density at radius 3 is 2.68 bits per heavy atom. The van der Waals surface area contributed by atoms with Gasteiger partial charge in [-0.3, -0.25) is 9.36 Å². The highest BCUT2D eigenvalue weighted by atomic mass is 127. The van der Waals surface area contributed by atoms with E-state index in [9.17, 15) is 9.90 Å². The molecule has 3 aromatic rings. The zero-order chi connectivity index (χ0) is 24.1. The smallest absolute Gasteiger partial charge is 0.250 e. The number of hydrogen-bond donors (Lipinski definition) is 2. The molecule has 0 bridgehead atoms. The average Bonchev–Trinajstić information content (AvgIpc) is 3.25. The van der Waals surface area contributed by atoms with Gasteiger partial charge in [0.2, 0.25) is 0 Å². The second-order valence-electron chi connectivity index (χ2n) is 7.88. The summed E-state index contributed by atoms with van der Waals surface area (Å²) < 4.78 is 3.88. The number of nitrogens with one attached hydrogen (secondary N) is 1. The largest absolute Gasteiger partial charge is 0.506 e. The predicted molar refractivity (Wildman–Crippen MR) is 153 cm³/mol. The van der Waals surface area contributed by atoms with Crippen LogP contribution >= 0.6 is 68.5 Å². The summed E-state index contributed by atoms with van der Waals surface area (Å²) in [7, 11) is 0. The number of phenolic OH excluding ortho intramolecular Hbond substituents is 1. The van der Waals surface area contributed by atoms with Gasteiger partial charge in [-0.05, 0) is 94.4 Å². The second-order valence-corrected chi connectivity index (χ2v) is 11.7. The molecule has 7 nitrogen and oxygen atoms in total. The molecule has 1 fully saturated rings. The first kappa shape index (κ1) is 25.7. The summed E-state index contributed by atoms with van der Waals surface area (Å²) in [5, 5.41) is 24.4. The predicted octanol–water partition coefficient (Wildman–Crippen LogP) is 6.26. The highest BCUT2D eigenvalue weighted by Gasteiger charge is 2.24. The van der Waals surface area contributed by atoms with Gasteiger partial charge in [-0.25, -0.2) is 5.43 Å². The van der Waals surface area contributed by atoms with E-state index in [1.54, 1.807) is 6.07 Å². The third-order valence-electron chi connectivity index (χ3n) is 5.49. The van der Waals surface area contributed by atoms with Crippen LogP contribution in [0.3, 0.4) is 0 Å². The molecule has 2 aromatic carbocycles. The van der Waals surface area contributed by atoms with Crippen LogP contribution in [0.4, 0.5) is 0 Å². The van der Waals surface area contributed by atoms with E-state index in [0.717, 1.165) is 36.5 Å². The Labute approximate surface area is 234 Å². The summed E-state index contributed by atoms with van der Waals surface area (Å²) in [4.78, 5) is 12.4. The van der Waals surface area contributed by atoms with Crippen LogP contribution in [-0.2, 0) is 4.79 Å². The Hall–Kier alpha value is -1.38. The van der Waals surface area contributed by atoms with Crippen molar-refractivity contribution in [1.29, 1.82) is 0 Å². The van der Waals surface area contributed by atoms with Crippen molar-refractivity contribution >= 4 is 80.7 Å². The van der Waals surface area contributed by atoms with Gasteiger partial charge in [0, 0.05) is 25.8 Å². The van der Waals surface area contributed by atoms with Gasteiger partial charge in [0.1, 0.15) is 5.75 Å². The molecule has 2 N–H and O–H groups in total. The minimum atomic E-state index is -0.257. The topological polar surface area (TPSA) is 92.4 Å². The highest BCUT2D eigenvalue weighted by molar-refractivity contribution is 14.1. The first-order valence-electron chi connectivity index (χ1n) is 10.8. The lowest BCUT2D eigenvalue weighted by molar-refractivity contribution is -0.118. The lowest BCUT2D eigenvalue weighted by Gasteiger charge is -2.25. The Kier molecular flexibility index (Phi) is 9.10. The zero-order valence-corrected chi connectivity index (χ0v) is 23.9. The summed E-state index contributed by atoms with van der Waals surface area (Å²) in [6.07, 6.45) is 7.18. The maximum Gasteiger partial charge on any atom is 0.250 e. The number of halogens is 3. The molecule has 0 atom stereocenters. The molecular formula is C23H22ClI2N5O2S. The molecule has 178 valence electrons. The van der Waals surface area contributed by atoms with E-state index >= 15 is 0 Å². The van der Waals surface area contributed by atoms with Crippen molar-refractivity contribution in [2.24, 2.45) is 5.10 Å². The number of benzene rings is 2. The maximum atomic E-state index is 12.4. The molecule has 0 aliphatic heterocycles. The van der Waals surface area contributed by atoms with E-state index in [4.69, 9.17) is 11.6 Å². The van der Waals surface area contributed by atoms with Gasteiger partial charge in [0.25, 0.3) is 5.91 Å². The fraction of sp³-hybridized carbons (Fsp3) is 0.304. The van der Waals surface area contributed by atoms with Gasteiger partial charge in [0.15, 0.2) is 11.0 Å². The molecule has 0 unspecified atom stereocenters. The summed E-state index contributed by atoms with van der Waals surface area (Å²) in [6.45, 7) is 0. The number of aromatic hydroxyl groups is 1. The summed E-state index contributed by atoms with van der Waals surface area (Å²) in [5.74, 6) is 0.836. The fourth-order valence-electron chi connectivity index (χ4n) is 3.86. The molecule has 1 aliphatic rings. The van der Waals surface area contributed by atoms with Crippen molar-refractivity contribution < 1.29 is 9.90 Å². The molecule has 1 aliphatic carbocycles. The van der Waals surface area contributed by atoms with Crippen molar-refractivity contribution in [3.05, 3.63) is 54.1 Å². The van der Waals surface area contributed by atoms with Crippen molar-refractivity contribution in [3.8, 4) is 17.1 Å². The van der Waals surface area contributed by atoms with Gasteiger partial charge in [-0.15, -0.1) is 10.2 Å². The lowest BCUT2D eigenvalue weighted by Crippen LogP contribution is -2.20. The van der Waals surface area contributed by atoms with E-state index in [0.29, 0.717) is 16.6 Å². The Morgan fingerprint density at radius 1 is 1.21 bits per heavy atom. The summed E-state index contributed by atoms with van der Waals surface area (Å²) in [5.41, 5.74) is 4.04. The molecule has 4 rings (SSSR count). The van der Waals surface area contributed by atoms with Crippen molar-refractivity contribution in [2.45, 2.75) is 43.3 Å². The minimum absolute atomic E-state index is 0.142. The molecule has 0 radical (unpaired) electrons. The molecule has 11 heteroatoms. The van der Waals surface area contributed by atoms with Gasteiger partial charge >= 0.3 is 0 Å². The molecule has 0 spiro atoms. The number of hydrogen-bond acceptors (Lipinski definition) is 6. The van der Waals surface area contributed by atoms with Gasteiger partial charge in [-0.2, -0.15) is 5.10 Å². The quantitative estimate of drug-likeness (QED) is 0.130. The molecule has 1 aromatic heterocycles. The van der Waals surface area contributed by atoms with Crippen molar-refractivity contribution in [1.82, 2.24) is 20.2 Å².